The first-order chi connectivity index (χ1) is 8.40. The van der Waals surface area contributed by atoms with E-state index in [-0.39, 0.29) is 36.1 Å². The van der Waals surface area contributed by atoms with E-state index in [2.05, 4.69) is 5.32 Å². The second kappa shape index (κ2) is 7.10. The van der Waals surface area contributed by atoms with Crippen molar-refractivity contribution in [1.29, 1.82) is 0 Å². The van der Waals surface area contributed by atoms with Gasteiger partial charge < -0.3 is 15.2 Å². The summed E-state index contributed by atoms with van der Waals surface area (Å²) in [7, 11) is 0. The van der Waals surface area contributed by atoms with Crippen LogP contribution in [0.1, 0.15) is 47.0 Å². The smallest absolute Gasteiger partial charge is 0.223 e. The van der Waals surface area contributed by atoms with Gasteiger partial charge in [-0.25, -0.2) is 0 Å². The molecule has 1 aliphatic rings. The van der Waals surface area contributed by atoms with E-state index in [1.165, 1.54) is 0 Å². The number of hydrogen-bond donors (Lipinski definition) is 2. The zero-order chi connectivity index (χ0) is 13.7. The van der Waals surface area contributed by atoms with E-state index in [4.69, 9.17) is 4.74 Å². The van der Waals surface area contributed by atoms with Crippen LogP contribution in [-0.2, 0) is 9.53 Å². The van der Waals surface area contributed by atoms with Gasteiger partial charge in [-0.1, -0.05) is 13.8 Å². The van der Waals surface area contributed by atoms with Crippen molar-refractivity contribution in [2.45, 2.75) is 65.3 Å². The van der Waals surface area contributed by atoms with E-state index in [9.17, 15) is 9.90 Å². The molecule has 1 amide bonds. The molecule has 4 heteroatoms. The van der Waals surface area contributed by atoms with Gasteiger partial charge in [-0.15, -0.1) is 0 Å². The molecule has 4 nitrogen and oxygen atoms in total. The molecule has 106 valence electrons. The third kappa shape index (κ3) is 4.94. The Morgan fingerprint density at radius 2 is 1.89 bits per heavy atom. The van der Waals surface area contributed by atoms with Crippen LogP contribution < -0.4 is 5.32 Å². The van der Waals surface area contributed by atoms with Crippen molar-refractivity contribution in [2.24, 2.45) is 11.8 Å². The molecule has 0 aromatic rings. The number of amides is 1. The molecule has 0 aromatic heterocycles. The van der Waals surface area contributed by atoms with Gasteiger partial charge in [-0.3, -0.25) is 4.79 Å². The minimum atomic E-state index is -0.335. The number of rotatable bonds is 5. The number of ether oxygens (including phenoxy) is 1. The van der Waals surface area contributed by atoms with Gasteiger partial charge >= 0.3 is 0 Å². The first-order valence-corrected chi connectivity index (χ1v) is 7.01. The topological polar surface area (TPSA) is 58.6 Å². The van der Waals surface area contributed by atoms with Gasteiger partial charge in [0.25, 0.3) is 0 Å². The van der Waals surface area contributed by atoms with Crippen LogP contribution in [0.3, 0.4) is 0 Å². The lowest BCUT2D eigenvalue weighted by atomic mass is 9.92. The Labute approximate surface area is 110 Å². The number of carbonyl (C=O) groups is 1. The molecule has 3 atom stereocenters. The molecule has 3 unspecified atom stereocenters. The highest BCUT2D eigenvalue weighted by atomic mass is 16.5. The summed E-state index contributed by atoms with van der Waals surface area (Å²) < 4.78 is 5.62. The van der Waals surface area contributed by atoms with Crippen molar-refractivity contribution in [3.63, 3.8) is 0 Å². The molecule has 0 radical (unpaired) electrons. The third-order valence-electron chi connectivity index (χ3n) is 3.58. The molecular formula is C14H27NO3. The average Bonchev–Trinajstić information content (AvgIpc) is 2.27. The maximum absolute atomic E-state index is 12.0. The minimum absolute atomic E-state index is 0.0555. The Kier molecular flexibility index (Phi) is 6.09. The van der Waals surface area contributed by atoms with Crippen molar-refractivity contribution in [2.75, 3.05) is 6.54 Å². The maximum Gasteiger partial charge on any atom is 0.223 e. The molecule has 0 aromatic carbocycles. The number of aliphatic hydroxyl groups is 1. The number of hydrogen-bond acceptors (Lipinski definition) is 3. The molecule has 2 N–H and O–H groups in total. The predicted octanol–water partition coefficient (Wildman–Crippen LogP) is 1.71. The Morgan fingerprint density at radius 3 is 2.39 bits per heavy atom. The van der Waals surface area contributed by atoms with Crippen molar-refractivity contribution in [1.82, 2.24) is 5.32 Å². The van der Waals surface area contributed by atoms with Crippen molar-refractivity contribution < 1.29 is 14.6 Å². The van der Waals surface area contributed by atoms with Crippen molar-refractivity contribution >= 4 is 5.91 Å². The largest absolute Gasteiger partial charge is 0.393 e. The highest BCUT2D eigenvalue weighted by molar-refractivity contribution is 5.78. The summed E-state index contributed by atoms with van der Waals surface area (Å²) in [5.41, 5.74) is 0. The summed E-state index contributed by atoms with van der Waals surface area (Å²) >= 11 is 0. The van der Waals surface area contributed by atoms with E-state index in [0.29, 0.717) is 13.0 Å². The highest BCUT2D eigenvalue weighted by Crippen LogP contribution is 2.24. The molecule has 18 heavy (non-hydrogen) atoms. The molecule has 1 fully saturated rings. The Balaban J connectivity index is 2.28. The number of nitrogens with one attached hydrogen (secondary N) is 1. The summed E-state index contributed by atoms with van der Waals surface area (Å²) in [6.45, 7) is 8.54. The van der Waals surface area contributed by atoms with E-state index in [1.54, 1.807) is 0 Å². The zero-order valence-corrected chi connectivity index (χ0v) is 12.0. The fourth-order valence-corrected chi connectivity index (χ4v) is 2.44. The average molecular weight is 257 g/mol. The first-order valence-electron chi connectivity index (χ1n) is 7.01. The molecule has 1 aliphatic heterocycles. The molecule has 0 aliphatic carbocycles. The van der Waals surface area contributed by atoms with E-state index >= 15 is 0 Å². The summed E-state index contributed by atoms with van der Waals surface area (Å²) in [6, 6.07) is 0. The SMILES string of the molecule is CC1CC(C(=O)NCCC(O)C(C)C)CC(C)O1. The summed E-state index contributed by atoms with van der Waals surface area (Å²) in [4.78, 5) is 12.0. The van der Waals surface area contributed by atoms with E-state index < -0.39 is 0 Å². The van der Waals surface area contributed by atoms with Gasteiger partial charge in [0.1, 0.15) is 0 Å². The number of carbonyl (C=O) groups excluding carboxylic acids is 1. The quantitative estimate of drug-likeness (QED) is 0.788. The highest BCUT2D eigenvalue weighted by Gasteiger charge is 2.29. The van der Waals surface area contributed by atoms with Crippen LogP contribution >= 0.6 is 0 Å². The van der Waals surface area contributed by atoms with Crippen LogP contribution in [0, 0.1) is 11.8 Å². The fraction of sp³-hybridized carbons (Fsp3) is 0.929. The molecule has 1 heterocycles. The van der Waals surface area contributed by atoms with Crippen molar-refractivity contribution in [3.8, 4) is 0 Å². The van der Waals surface area contributed by atoms with Crippen LogP contribution in [0.2, 0.25) is 0 Å². The molecule has 0 spiro atoms. The van der Waals surface area contributed by atoms with Crippen LogP contribution in [0.25, 0.3) is 0 Å². The molecular weight excluding hydrogens is 230 g/mol. The van der Waals surface area contributed by atoms with Crippen LogP contribution in [0.15, 0.2) is 0 Å². The van der Waals surface area contributed by atoms with Crippen LogP contribution in [0.5, 0.6) is 0 Å². The van der Waals surface area contributed by atoms with Crippen molar-refractivity contribution in [3.05, 3.63) is 0 Å². The third-order valence-corrected chi connectivity index (χ3v) is 3.58. The first kappa shape index (κ1) is 15.4. The Morgan fingerprint density at radius 1 is 1.33 bits per heavy atom. The number of aliphatic hydroxyl groups excluding tert-OH is 1. The minimum Gasteiger partial charge on any atom is -0.393 e. The molecule has 1 saturated heterocycles. The fourth-order valence-electron chi connectivity index (χ4n) is 2.44. The predicted molar refractivity (Wildman–Crippen MR) is 71.2 cm³/mol. The monoisotopic (exact) mass is 257 g/mol. The molecule has 0 saturated carbocycles. The Hall–Kier alpha value is -0.610. The van der Waals surface area contributed by atoms with Gasteiger partial charge in [0.2, 0.25) is 5.91 Å². The van der Waals surface area contributed by atoms with E-state index in [0.717, 1.165) is 12.8 Å². The maximum atomic E-state index is 12.0. The lowest BCUT2D eigenvalue weighted by molar-refractivity contribution is -0.133. The lowest BCUT2D eigenvalue weighted by Gasteiger charge is -2.31. The molecule has 1 rings (SSSR count). The lowest BCUT2D eigenvalue weighted by Crippen LogP contribution is -2.40. The van der Waals surface area contributed by atoms with E-state index in [1.807, 2.05) is 27.7 Å². The Bertz CT molecular complexity index is 258. The standard InChI is InChI=1S/C14H27NO3/c1-9(2)13(16)5-6-15-14(17)12-7-10(3)18-11(4)8-12/h9-13,16H,5-8H2,1-4H3,(H,15,17). The summed E-state index contributed by atoms with van der Waals surface area (Å²) in [6.07, 6.45) is 2.19. The normalized spacial score (nSPS) is 30.2. The van der Waals surface area contributed by atoms with Gasteiger partial charge in [-0.2, -0.15) is 0 Å². The van der Waals surface area contributed by atoms with Gasteiger partial charge in [0.05, 0.1) is 18.3 Å². The zero-order valence-electron chi connectivity index (χ0n) is 12.0. The second-order valence-corrected chi connectivity index (χ2v) is 5.82. The van der Waals surface area contributed by atoms with Crippen LogP contribution in [0.4, 0.5) is 0 Å². The van der Waals surface area contributed by atoms with Gasteiger partial charge in [-0.05, 0) is 39.0 Å². The molecule has 0 bridgehead atoms. The summed E-state index contributed by atoms with van der Waals surface area (Å²) in [5, 5.41) is 12.6. The van der Waals surface area contributed by atoms with Crippen LogP contribution in [-0.4, -0.2) is 35.9 Å². The van der Waals surface area contributed by atoms with Gasteiger partial charge in [0.15, 0.2) is 0 Å². The van der Waals surface area contributed by atoms with Gasteiger partial charge in [0, 0.05) is 12.5 Å². The second-order valence-electron chi connectivity index (χ2n) is 5.82. The summed E-state index contributed by atoms with van der Waals surface area (Å²) in [5.74, 6) is 0.401.